The third kappa shape index (κ3) is 3.11. The molecule has 1 aromatic heterocycles. The van der Waals surface area contributed by atoms with Gasteiger partial charge in [-0.3, -0.25) is 9.89 Å². The van der Waals surface area contributed by atoms with Crippen molar-refractivity contribution >= 4 is 22.6 Å². The molecule has 0 aliphatic heterocycles. The molecule has 6 heteroatoms. The number of aromatic hydroxyl groups is 2. The molecular weight excluding hydrogens is 294 g/mol. The first-order valence-corrected chi connectivity index (χ1v) is 7.29. The Labute approximate surface area is 132 Å². The van der Waals surface area contributed by atoms with Gasteiger partial charge in [-0.15, -0.1) is 0 Å². The minimum atomic E-state index is -0.311. The van der Waals surface area contributed by atoms with Gasteiger partial charge in [0.05, 0.1) is 5.52 Å². The van der Waals surface area contributed by atoms with Crippen molar-refractivity contribution in [3.05, 3.63) is 48.0 Å². The molecule has 4 N–H and O–H groups in total. The highest BCUT2D eigenvalue weighted by atomic mass is 16.3. The van der Waals surface area contributed by atoms with E-state index in [2.05, 4.69) is 15.5 Å². The number of carbonyl (C=O) groups is 1. The van der Waals surface area contributed by atoms with Crippen LogP contribution in [-0.4, -0.2) is 26.3 Å². The molecule has 0 saturated heterocycles. The average molecular weight is 311 g/mol. The van der Waals surface area contributed by atoms with E-state index in [9.17, 15) is 15.0 Å². The molecule has 0 bridgehead atoms. The standard InChI is InChI=1S/C17H17N3O3/c1-10(8-11-6-7-14(21)15(22)9-11)17(23)18-16-12-4-2-3-5-13(12)19-20-16/h2-7,9-10,21-22H,8H2,1H3,(H2,18,19,20,23). The maximum Gasteiger partial charge on any atom is 0.228 e. The van der Waals surface area contributed by atoms with Crippen LogP contribution in [0.25, 0.3) is 10.9 Å². The van der Waals surface area contributed by atoms with E-state index in [0.29, 0.717) is 12.2 Å². The lowest BCUT2D eigenvalue weighted by atomic mass is 10.00. The number of anilines is 1. The summed E-state index contributed by atoms with van der Waals surface area (Å²) in [6.07, 6.45) is 0.446. The Hall–Kier alpha value is -3.02. The highest BCUT2D eigenvalue weighted by Crippen LogP contribution is 2.26. The summed E-state index contributed by atoms with van der Waals surface area (Å²) in [7, 11) is 0. The fourth-order valence-corrected chi connectivity index (χ4v) is 2.44. The number of fused-ring (bicyclic) bond motifs is 1. The summed E-state index contributed by atoms with van der Waals surface area (Å²) in [4.78, 5) is 12.3. The Morgan fingerprint density at radius 2 is 2.00 bits per heavy atom. The number of nitrogens with one attached hydrogen (secondary N) is 2. The molecule has 2 aromatic carbocycles. The number of nitrogens with zero attached hydrogens (tertiary/aromatic N) is 1. The van der Waals surface area contributed by atoms with Crippen LogP contribution in [0.5, 0.6) is 11.5 Å². The van der Waals surface area contributed by atoms with Gasteiger partial charge in [0.25, 0.3) is 0 Å². The van der Waals surface area contributed by atoms with E-state index in [1.165, 1.54) is 12.1 Å². The number of phenols is 2. The van der Waals surface area contributed by atoms with Crippen molar-refractivity contribution in [3.63, 3.8) is 0 Å². The largest absolute Gasteiger partial charge is 0.504 e. The lowest BCUT2D eigenvalue weighted by Crippen LogP contribution is -2.22. The number of phenolic OH excluding ortho intramolecular Hbond substituents is 2. The zero-order valence-corrected chi connectivity index (χ0v) is 12.6. The van der Waals surface area contributed by atoms with Crippen LogP contribution in [0.15, 0.2) is 42.5 Å². The van der Waals surface area contributed by atoms with Gasteiger partial charge in [0.15, 0.2) is 17.3 Å². The Morgan fingerprint density at radius 3 is 2.78 bits per heavy atom. The average Bonchev–Trinajstić information content (AvgIpc) is 2.94. The molecule has 118 valence electrons. The molecule has 1 atom stereocenters. The Kier molecular flexibility index (Phi) is 3.89. The fourth-order valence-electron chi connectivity index (χ4n) is 2.44. The van der Waals surface area contributed by atoms with Crippen LogP contribution in [0, 0.1) is 5.92 Å². The number of amides is 1. The number of aromatic nitrogens is 2. The maximum absolute atomic E-state index is 12.3. The first-order valence-electron chi connectivity index (χ1n) is 7.29. The molecule has 1 amide bonds. The summed E-state index contributed by atoms with van der Waals surface area (Å²) in [5.74, 6) is -0.322. The van der Waals surface area contributed by atoms with E-state index < -0.39 is 0 Å². The summed E-state index contributed by atoms with van der Waals surface area (Å²) in [6.45, 7) is 1.80. The Bertz CT molecular complexity index is 857. The van der Waals surface area contributed by atoms with Crippen LogP contribution < -0.4 is 5.32 Å². The number of para-hydroxylation sites is 1. The minimum Gasteiger partial charge on any atom is -0.504 e. The molecule has 0 radical (unpaired) electrons. The topological polar surface area (TPSA) is 98.2 Å². The van der Waals surface area contributed by atoms with Crippen LogP contribution in [0.2, 0.25) is 0 Å². The smallest absolute Gasteiger partial charge is 0.228 e. The van der Waals surface area contributed by atoms with Crippen molar-refractivity contribution in [2.24, 2.45) is 5.92 Å². The van der Waals surface area contributed by atoms with Gasteiger partial charge < -0.3 is 15.5 Å². The molecular formula is C17H17N3O3. The lowest BCUT2D eigenvalue weighted by molar-refractivity contribution is -0.119. The molecule has 1 unspecified atom stereocenters. The minimum absolute atomic E-state index is 0.158. The molecule has 0 aliphatic carbocycles. The number of benzene rings is 2. The number of carbonyl (C=O) groups excluding carboxylic acids is 1. The quantitative estimate of drug-likeness (QED) is 0.557. The second kappa shape index (κ2) is 6.00. The molecule has 0 spiro atoms. The van der Waals surface area contributed by atoms with Crippen LogP contribution >= 0.6 is 0 Å². The van der Waals surface area contributed by atoms with Crippen molar-refractivity contribution < 1.29 is 15.0 Å². The van der Waals surface area contributed by atoms with Gasteiger partial charge >= 0.3 is 0 Å². The first kappa shape index (κ1) is 14.9. The Balaban J connectivity index is 1.71. The molecule has 3 rings (SSSR count). The predicted octanol–water partition coefficient (Wildman–Crippen LogP) is 2.79. The summed E-state index contributed by atoms with van der Waals surface area (Å²) in [5, 5.41) is 29.5. The lowest BCUT2D eigenvalue weighted by Gasteiger charge is -2.11. The van der Waals surface area contributed by atoms with Gasteiger partial charge in [-0.05, 0) is 36.2 Å². The monoisotopic (exact) mass is 311 g/mol. The van der Waals surface area contributed by atoms with Crippen LogP contribution in [0.1, 0.15) is 12.5 Å². The predicted molar refractivity (Wildman–Crippen MR) is 87.4 cm³/mol. The van der Waals surface area contributed by atoms with E-state index >= 15 is 0 Å². The summed E-state index contributed by atoms with van der Waals surface area (Å²) < 4.78 is 0. The van der Waals surface area contributed by atoms with Crippen LogP contribution in [-0.2, 0) is 11.2 Å². The number of H-pyrrole nitrogens is 1. The fraction of sp³-hybridized carbons (Fsp3) is 0.176. The summed E-state index contributed by atoms with van der Waals surface area (Å²) in [6, 6.07) is 12.1. The van der Waals surface area contributed by atoms with Gasteiger partial charge in [0.1, 0.15) is 0 Å². The molecule has 0 saturated carbocycles. The molecule has 3 aromatic rings. The second-order valence-electron chi connectivity index (χ2n) is 5.54. The molecule has 0 aliphatic rings. The zero-order valence-electron chi connectivity index (χ0n) is 12.6. The highest BCUT2D eigenvalue weighted by Gasteiger charge is 2.17. The van der Waals surface area contributed by atoms with Crippen molar-refractivity contribution in [2.75, 3.05) is 5.32 Å². The normalized spacial score (nSPS) is 12.2. The molecule has 0 fully saturated rings. The maximum atomic E-state index is 12.3. The van der Waals surface area contributed by atoms with Gasteiger partial charge in [0.2, 0.25) is 5.91 Å². The van der Waals surface area contributed by atoms with Crippen molar-refractivity contribution in [1.82, 2.24) is 10.2 Å². The van der Waals surface area contributed by atoms with Gasteiger partial charge in [-0.2, -0.15) is 5.10 Å². The Morgan fingerprint density at radius 1 is 1.22 bits per heavy atom. The second-order valence-corrected chi connectivity index (χ2v) is 5.54. The van der Waals surface area contributed by atoms with E-state index in [0.717, 1.165) is 16.5 Å². The summed E-state index contributed by atoms with van der Waals surface area (Å²) >= 11 is 0. The molecule has 1 heterocycles. The van der Waals surface area contributed by atoms with E-state index in [1.807, 2.05) is 24.3 Å². The zero-order chi connectivity index (χ0) is 16.4. The summed E-state index contributed by atoms with van der Waals surface area (Å²) in [5.41, 5.74) is 1.63. The van der Waals surface area contributed by atoms with Gasteiger partial charge in [-0.25, -0.2) is 0 Å². The number of hydrogen-bond acceptors (Lipinski definition) is 4. The highest BCUT2D eigenvalue weighted by molar-refractivity contribution is 6.00. The van der Waals surface area contributed by atoms with Gasteiger partial charge in [0, 0.05) is 11.3 Å². The first-order chi connectivity index (χ1) is 11.0. The van der Waals surface area contributed by atoms with Gasteiger partial charge in [-0.1, -0.05) is 25.1 Å². The number of rotatable bonds is 4. The third-order valence-corrected chi connectivity index (χ3v) is 3.74. The van der Waals surface area contributed by atoms with E-state index in [4.69, 9.17) is 0 Å². The van der Waals surface area contributed by atoms with E-state index in [-0.39, 0.29) is 23.3 Å². The number of aromatic amines is 1. The van der Waals surface area contributed by atoms with Crippen LogP contribution in [0.3, 0.4) is 0 Å². The molecule has 23 heavy (non-hydrogen) atoms. The van der Waals surface area contributed by atoms with Crippen molar-refractivity contribution in [1.29, 1.82) is 0 Å². The SMILES string of the molecule is CC(Cc1ccc(O)c(O)c1)C(=O)Nc1n[nH]c2ccccc12. The third-order valence-electron chi connectivity index (χ3n) is 3.74. The number of hydrogen-bond donors (Lipinski definition) is 4. The molecule has 6 nitrogen and oxygen atoms in total. The van der Waals surface area contributed by atoms with Crippen LogP contribution in [0.4, 0.5) is 5.82 Å². The van der Waals surface area contributed by atoms with Crippen molar-refractivity contribution in [3.8, 4) is 11.5 Å². The van der Waals surface area contributed by atoms with Crippen molar-refractivity contribution in [2.45, 2.75) is 13.3 Å². The van der Waals surface area contributed by atoms with E-state index in [1.54, 1.807) is 13.0 Å².